The average Bonchev–Trinajstić information content (AvgIpc) is 2.41. The summed E-state index contributed by atoms with van der Waals surface area (Å²) in [6.45, 7) is 5.95. The van der Waals surface area contributed by atoms with Crippen molar-refractivity contribution in [2.75, 3.05) is 6.61 Å². The largest absolute Gasteiger partial charge is 0.489 e. The zero-order chi connectivity index (χ0) is 16.0. The minimum absolute atomic E-state index is 0.0240. The fourth-order valence-corrected chi connectivity index (χ4v) is 1.64. The lowest BCUT2D eigenvalue weighted by Crippen LogP contribution is -2.22. The number of ether oxygens (including phenoxy) is 1. The molecular formula is C15H19ClF3NO. The molecule has 0 aliphatic rings. The molecule has 0 unspecified atom stereocenters. The van der Waals surface area contributed by atoms with E-state index in [0.29, 0.717) is 17.7 Å². The summed E-state index contributed by atoms with van der Waals surface area (Å²) in [5.74, 6) is -0.186. The van der Waals surface area contributed by atoms with Crippen LogP contribution in [0.2, 0.25) is 0 Å². The van der Waals surface area contributed by atoms with Crippen LogP contribution in [0.25, 0.3) is 0 Å². The summed E-state index contributed by atoms with van der Waals surface area (Å²) in [6.07, 6.45) is -4.46. The van der Waals surface area contributed by atoms with Crippen LogP contribution in [0.4, 0.5) is 13.2 Å². The molecule has 0 aliphatic carbocycles. The van der Waals surface area contributed by atoms with Crippen LogP contribution < -0.4 is 10.1 Å². The summed E-state index contributed by atoms with van der Waals surface area (Å²) in [5, 5.41) is 3.08. The van der Waals surface area contributed by atoms with Crippen LogP contribution >= 0.6 is 11.6 Å². The quantitative estimate of drug-likeness (QED) is 0.818. The topological polar surface area (TPSA) is 21.3 Å². The monoisotopic (exact) mass is 321 g/mol. The molecule has 0 saturated heterocycles. The molecule has 1 aromatic carbocycles. The van der Waals surface area contributed by atoms with Crippen molar-refractivity contribution in [2.45, 2.75) is 39.5 Å². The van der Waals surface area contributed by atoms with Crippen LogP contribution in [-0.4, -0.2) is 12.6 Å². The lowest BCUT2D eigenvalue weighted by molar-refractivity contribution is -0.138. The van der Waals surface area contributed by atoms with E-state index in [-0.39, 0.29) is 18.4 Å². The average molecular weight is 322 g/mol. The Labute approximate surface area is 127 Å². The first kappa shape index (κ1) is 17.9. The fraction of sp³-hybridized carbons (Fsp3) is 0.467. The summed E-state index contributed by atoms with van der Waals surface area (Å²) in [4.78, 5) is 0. The van der Waals surface area contributed by atoms with Gasteiger partial charge >= 0.3 is 6.18 Å². The Hall–Kier alpha value is -1.20. The van der Waals surface area contributed by atoms with Gasteiger partial charge in [0, 0.05) is 18.1 Å². The van der Waals surface area contributed by atoms with E-state index in [1.807, 2.05) is 13.8 Å². The molecule has 2 nitrogen and oxygen atoms in total. The Bertz CT molecular complexity index is 498. The van der Waals surface area contributed by atoms with Gasteiger partial charge in [-0.15, -0.1) is 0 Å². The van der Waals surface area contributed by atoms with Crippen LogP contribution in [0.15, 0.2) is 29.3 Å². The third kappa shape index (κ3) is 5.98. The molecule has 1 aromatic rings. The van der Waals surface area contributed by atoms with E-state index in [1.54, 1.807) is 13.0 Å². The molecule has 0 radical (unpaired) electrons. The van der Waals surface area contributed by atoms with E-state index in [9.17, 15) is 13.2 Å². The molecule has 0 spiro atoms. The third-order valence-electron chi connectivity index (χ3n) is 2.71. The van der Waals surface area contributed by atoms with Crippen molar-refractivity contribution >= 4 is 11.6 Å². The van der Waals surface area contributed by atoms with Crippen LogP contribution in [0.1, 0.15) is 31.9 Å². The van der Waals surface area contributed by atoms with E-state index in [0.717, 1.165) is 6.07 Å². The van der Waals surface area contributed by atoms with E-state index in [1.165, 1.54) is 11.6 Å². The van der Waals surface area contributed by atoms with Crippen molar-refractivity contribution in [3.8, 4) is 5.75 Å². The fourth-order valence-electron chi connectivity index (χ4n) is 1.58. The van der Waals surface area contributed by atoms with Gasteiger partial charge in [0.25, 0.3) is 0 Å². The Morgan fingerprint density at radius 3 is 2.57 bits per heavy atom. The van der Waals surface area contributed by atoms with Gasteiger partial charge in [-0.25, -0.2) is 0 Å². The molecule has 0 fully saturated rings. The third-order valence-corrected chi connectivity index (χ3v) is 3.08. The molecular weight excluding hydrogens is 303 g/mol. The van der Waals surface area contributed by atoms with E-state index < -0.39 is 11.7 Å². The van der Waals surface area contributed by atoms with Crippen molar-refractivity contribution in [3.63, 3.8) is 0 Å². The molecule has 0 aromatic heterocycles. The highest BCUT2D eigenvalue weighted by molar-refractivity contribution is 6.25. The van der Waals surface area contributed by atoms with Gasteiger partial charge in [-0.3, -0.25) is 0 Å². The SMILES string of the molecule is C/C(=C\Cl)COc1ccc(CNC(C)C)cc1C(F)(F)F. The number of hydrogen-bond acceptors (Lipinski definition) is 2. The van der Waals surface area contributed by atoms with Crippen molar-refractivity contribution in [3.05, 3.63) is 40.4 Å². The number of nitrogens with one attached hydrogen (secondary N) is 1. The van der Waals surface area contributed by atoms with Gasteiger partial charge in [-0.05, 0) is 30.2 Å². The van der Waals surface area contributed by atoms with Crippen molar-refractivity contribution in [2.24, 2.45) is 0 Å². The highest BCUT2D eigenvalue weighted by Crippen LogP contribution is 2.37. The maximum Gasteiger partial charge on any atom is 0.419 e. The first-order chi connectivity index (χ1) is 9.74. The Balaban J connectivity index is 2.97. The second-order valence-corrected chi connectivity index (χ2v) is 5.33. The van der Waals surface area contributed by atoms with E-state index in [4.69, 9.17) is 16.3 Å². The number of rotatable bonds is 6. The lowest BCUT2D eigenvalue weighted by Gasteiger charge is -2.16. The molecule has 6 heteroatoms. The van der Waals surface area contributed by atoms with E-state index >= 15 is 0 Å². The summed E-state index contributed by atoms with van der Waals surface area (Å²) in [7, 11) is 0. The van der Waals surface area contributed by atoms with Gasteiger partial charge < -0.3 is 10.1 Å². The van der Waals surface area contributed by atoms with Crippen molar-refractivity contribution in [1.82, 2.24) is 5.32 Å². The minimum Gasteiger partial charge on any atom is -0.489 e. The number of halogens is 4. The van der Waals surface area contributed by atoms with E-state index in [2.05, 4.69) is 5.32 Å². The van der Waals surface area contributed by atoms with Crippen LogP contribution in [0, 0.1) is 0 Å². The minimum atomic E-state index is -4.46. The van der Waals surface area contributed by atoms with Gasteiger partial charge in [-0.1, -0.05) is 31.5 Å². The molecule has 0 atom stereocenters. The molecule has 21 heavy (non-hydrogen) atoms. The standard InChI is InChI=1S/C15H19ClF3NO/c1-10(2)20-8-12-4-5-14(21-9-11(3)7-16)13(6-12)15(17,18)19/h4-7,10,20H,8-9H2,1-3H3/b11-7+. The molecule has 0 aliphatic heterocycles. The first-order valence-electron chi connectivity index (χ1n) is 6.56. The van der Waals surface area contributed by atoms with Crippen molar-refractivity contribution in [1.29, 1.82) is 0 Å². The molecule has 0 heterocycles. The Morgan fingerprint density at radius 2 is 2.05 bits per heavy atom. The lowest BCUT2D eigenvalue weighted by atomic mass is 10.1. The molecule has 1 rings (SSSR count). The van der Waals surface area contributed by atoms with Gasteiger partial charge in [0.15, 0.2) is 0 Å². The second kappa shape index (κ2) is 7.71. The second-order valence-electron chi connectivity index (χ2n) is 5.11. The Kier molecular flexibility index (Phi) is 6.55. The van der Waals surface area contributed by atoms with Crippen molar-refractivity contribution < 1.29 is 17.9 Å². The predicted molar refractivity (Wildman–Crippen MR) is 78.5 cm³/mol. The van der Waals surface area contributed by atoms with Gasteiger partial charge in [0.2, 0.25) is 0 Å². The maximum absolute atomic E-state index is 13.1. The molecule has 118 valence electrons. The highest BCUT2D eigenvalue weighted by Gasteiger charge is 2.34. The number of hydrogen-bond donors (Lipinski definition) is 1. The predicted octanol–water partition coefficient (Wildman–Crippen LogP) is 4.72. The summed E-state index contributed by atoms with van der Waals surface area (Å²) < 4.78 is 44.5. The maximum atomic E-state index is 13.1. The molecule has 1 N–H and O–H groups in total. The Morgan fingerprint density at radius 1 is 1.38 bits per heavy atom. The summed E-state index contributed by atoms with van der Waals surface area (Å²) in [6, 6.07) is 4.29. The van der Waals surface area contributed by atoms with Gasteiger partial charge in [0.1, 0.15) is 12.4 Å². The first-order valence-corrected chi connectivity index (χ1v) is 7.00. The van der Waals surface area contributed by atoms with Gasteiger partial charge in [0.05, 0.1) is 5.56 Å². The van der Waals surface area contributed by atoms with Crippen LogP contribution in [-0.2, 0) is 12.7 Å². The molecule has 0 bridgehead atoms. The summed E-state index contributed by atoms with van der Waals surface area (Å²) >= 11 is 5.47. The number of benzene rings is 1. The van der Waals surface area contributed by atoms with Crippen LogP contribution in [0.5, 0.6) is 5.75 Å². The van der Waals surface area contributed by atoms with Gasteiger partial charge in [-0.2, -0.15) is 13.2 Å². The summed E-state index contributed by atoms with van der Waals surface area (Å²) in [5.41, 5.74) is 1.73. The van der Waals surface area contributed by atoms with Crippen LogP contribution in [0.3, 0.4) is 0 Å². The normalized spacial score (nSPS) is 12.9. The molecule has 0 amide bonds. The highest BCUT2D eigenvalue weighted by atomic mass is 35.5. The number of alkyl halides is 3. The smallest absolute Gasteiger partial charge is 0.419 e. The zero-order valence-electron chi connectivity index (χ0n) is 12.2. The zero-order valence-corrected chi connectivity index (χ0v) is 13.0. The molecule has 0 saturated carbocycles.